The zero-order valence-electron chi connectivity index (χ0n) is 13.5. The van der Waals surface area contributed by atoms with Crippen LogP contribution in [-0.4, -0.2) is 53.8 Å². The molecule has 3 aliphatic rings. The molecule has 0 aromatic carbocycles. The Bertz CT molecular complexity index is 469. The number of nitrogens with zero attached hydrogens (tertiary/aromatic N) is 2. The van der Waals surface area contributed by atoms with Gasteiger partial charge in [0.15, 0.2) is 0 Å². The Labute approximate surface area is 132 Å². The number of carbonyl (C=O) groups is 2. The van der Waals surface area contributed by atoms with Crippen LogP contribution in [0.2, 0.25) is 0 Å². The van der Waals surface area contributed by atoms with Crippen LogP contribution in [0.5, 0.6) is 0 Å². The Balaban J connectivity index is 1.57. The van der Waals surface area contributed by atoms with Crippen molar-refractivity contribution in [3.63, 3.8) is 0 Å². The molecule has 2 saturated heterocycles. The summed E-state index contributed by atoms with van der Waals surface area (Å²) in [7, 11) is 0. The number of nitrogens with one attached hydrogen (secondary N) is 1. The lowest BCUT2D eigenvalue weighted by Gasteiger charge is -2.30. The normalized spacial score (nSPS) is 28.5. The van der Waals surface area contributed by atoms with Gasteiger partial charge in [0.1, 0.15) is 0 Å². The average molecular weight is 305 g/mol. The molecule has 5 nitrogen and oxygen atoms in total. The minimum atomic E-state index is -0.0577. The smallest absolute Gasteiger partial charge is 0.229 e. The van der Waals surface area contributed by atoms with Crippen molar-refractivity contribution in [3.05, 3.63) is 11.8 Å². The number of carbonyl (C=O) groups excluding carboxylic acids is 2. The number of rotatable bonds is 5. The standard InChI is InChI=1S/C17H27N3O2/c1-2-6-13-16-14(18-17(13)22)7-12-20(16)15(21)8-11-19-9-4-3-5-10-19/h7,13,16H,2-6,8-12H2,1H3,(H,18,22)/t13-,16-/m1/s1. The van der Waals surface area contributed by atoms with Crippen molar-refractivity contribution < 1.29 is 9.59 Å². The molecule has 3 heterocycles. The molecule has 22 heavy (non-hydrogen) atoms. The highest BCUT2D eigenvalue weighted by molar-refractivity contribution is 5.88. The van der Waals surface area contributed by atoms with Gasteiger partial charge in [-0.05, 0) is 38.4 Å². The van der Waals surface area contributed by atoms with Crippen molar-refractivity contribution in [2.75, 3.05) is 26.2 Å². The molecule has 0 bridgehead atoms. The monoisotopic (exact) mass is 305 g/mol. The number of hydrogen-bond donors (Lipinski definition) is 1. The maximum absolute atomic E-state index is 12.6. The predicted molar refractivity (Wildman–Crippen MR) is 85.0 cm³/mol. The molecule has 1 N–H and O–H groups in total. The third kappa shape index (κ3) is 3.05. The summed E-state index contributed by atoms with van der Waals surface area (Å²) in [5.74, 6) is 0.226. The van der Waals surface area contributed by atoms with Crippen LogP contribution in [-0.2, 0) is 9.59 Å². The Kier molecular flexibility index (Phi) is 4.81. The fourth-order valence-corrected chi connectivity index (χ4v) is 3.97. The van der Waals surface area contributed by atoms with E-state index in [-0.39, 0.29) is 23.8 Å². The van der Waals surface area contributed by atoms with E-state index in [0.29, 0.717) is 13.0 Å². The van der Waals surface area contributed by atoms with E-state index in [9.17, 15) is 9.59 Å². The van der Waals surface area contributed by atoms with Crippen LogP contribution in [0.15, 0.2) is 11.8 Å². The fraction of sp³-hybridized carbons (Fsp3) is 0.765. The van der Waals surface area contributed by atoms with Crippen LogP contribution in [0.25, 0.3) is 0 Å². The van der Waals surface area contributed by atoms with Crippen molar-refractivity contribution in [1.29, 1.82) is 0 Å². The molecule has 122 valence electrons. The molecule has 0 radical (unpaired) electrons. The van der Waals surface area contributed by atoms with Gasteiger partial charge >= 0.3 is 0 Å². The van der Waals surface area contributed by atoms with E-state index < -0.39 is 0 Å². The predicted octanol–water partition coefficient (Wildman–Crippen LogP) is 1.50. The summed E-state index contributed by atoms with van der Waals surface area (Å²) < 4.78 is 0. The first-order valence-corrected chi connectivity index (χ1v) is 8.73. The van der Waals surface area contributed by atoms with Gasteiger partial charge in [0.05, 0.1) is 12.0 Å². The Morgan fingerprint density at radius 2 is 2.09 bits per heavy atom. The molecule has 5 heteroatoms. The van der Waals surface area contributed by atoms with Crippen molar-refractivity contribution in [3.8, 4) is 0 Å². The summed E-state index contributed by atoms with van der Waals surface area (Å²) in [5.41, 5.74) is 0.953. The van der Waals surface area contributed by atoms with Crippen LogP contribution in [0.1, 0.15) is 45.4 Å². The van der Waals surface area contributed by atoms with E-state index in [2.05, 4.69) is 17.1 Å². The highest BCUT2D eigenvalue weighted by Gasteiger charge is 2.45. The lowest BCUT2D eigenvalue weighted by atomic mass is 9.96. The molecule has 0 aliphatic carbocycles. The molecule has 3 rings (SSSR count). The lowest BCUT2D eigenvalue weighted by Crippen LogP contribution is -2.42. The summed E-state index contributed by atoms with van der Waals surface area (Å²) in [6.45, 7) is 5.85. The maximum atomic E-state index is 12.6. The molecule has 2 atom stereocenters. The molecule has 2 amide bonds. The van der Waals surface area contributed by atoms with Crippen LogP contribution < -0.4 is 5.32 Å². The van der Waals surface area contributed by atoms with Crippen LogP contribution >= 0.6 is 0 Å². The lowest BCUT2D eigenvalue weighted by molar-refractivity contribution is -0.133. The molecule has 0 unspecified atom stereocenters. The van der Waals surface area contributed by atoms with Gasteiger partial charge in [-0.1, -0.05) is 19.8 Å². The first kappa shape index (κ1) is 15.5. The summed E-state index contributed by atoms with van der Waals surface area (Å²) in [5, 5.41) is 2.96. The molecule has 0 saturated carbocycles. The van der Waals surface area contributed by atoms with Gasteiger partial charge in [-0.2, -0.15) is 0 Å². The number of hydrogen-bond acceptors (Lipinski definition) is 3. The molecule has 3 aliphatic heterocycles. The Morgan fingerprint density at radius 1 is 1.32 bits per heavy atom. The van der Waals surface area contributed by atoms with E-state index in [4.69, 9.17) is 0 Å². The van der Waals surface area contributed by atoms with Gasteiger partial charge in [-0.15, -0.1) is 0 Å². The minimum Gasteiger partial charge on any atom is -0.330 e. The van der Waals surface area contributed by atoms with E-state index in [1.807, 2.05) is 11.0 Å². The first-order valence-electron chi connectivity index (χ1n) is 8.73. The van der Waals surface area contributed by atoms with E-state index in [0.717, 1.165) is 38.2 Å². The second-order valence-electron chi connectivity index (χ2n) is 6.69. The summed E-state index contributed by atoms with van der Waals surface area (Å²) in [6.07, 6.45) is 8.23. The third-order valence-electron chi connectivity index (χ3n) is 5.16. The van der Waals surface area contributed by atoms with Crippen molar-refractivity contribution in [2.45, 2.75) is 51.5 Å². The zero-order valence-corrected chi connectivity index (χ0v) is 13.5. The highest BCUT2D eigenvalue weighted by Crippen LogP contribution is 2.32. The minimum absolute atomic E-state index is 0.0266. The highest BCUT2D eigenvalue weighted by atomic mass is 16.2. The Morgan fingerprint density at radius 3 is 2.82 bits per heavy atom. The second-order valence-corrected chi connectivity index (χ2v) is 6.69. The van der Waals surface area contributed by atoms with Gasteiger partial charge in [0.2, 0.25) is 11.8 Å². The summed E-state index contributed by atoms with van der Waals surface area (Å²) in [4.78, 5) is 29.0. The molecular formula is C17H27N3O2. The summed E-state index contributed by atoms with van der Waals surface area (Å²) in [6, 6.07) is -0.0266. The van der Waals surface area contributed by atoms with Crippen LogP contribution in [0, 0.1) is 5.92 Å². The molecule has 0 aromatic rings. The van der Waals surface area contributed by atoms with E-state index in [1.54, 1.807) is 0 Å². The molecule has 2 fully saturated rings. The second kappa shape index (κ2) is 6.82. The van der Waals surface area contributed by atoms with Crippen LogP contribution in [0.4, 0.5) is 0 Å². The SMILES string of the molecule is CCC[C@H]1C(=O)NC2=CCN(C(=O)CCN3CCCCC3)[C@@H]21. The zero-order chi connectivity index (χ0) is 15.5. The maximum Gasteiger partial charge on any atom is 0.229 e. The Hall–Kier alpha value is -1.36. The molecular weight excluding hydrogens is 278 g/mol. The topological polar surface area (TPSA) is 52.7 Å². The van der Waals surface area contributed by atoms with Gasteiger partial charge in [-0.3, -0.25) is 9.59 Å². The number of fused-ring (bicyclic) bond motifs is 1. The fourth-order valence-electron chi connectivity index (χ4n) is 3.97. The van der Waals surface area contributed by atoms with E-state index in [1.165, 1.54) is 19.3 Å². The third-order valence-corrected chi connectivity index (χ3v) is 5.16. The number of likely N-dealkylation sites (tertiary alicyclic amines) is 1. The molecule has 0 aromatic heterocycles. The van der Waals surface area contributed by atoms with Crippen molar-refractivity contribution >= 4 is 11.8 Å². The van der Waals surface area contributed by atoms with Gasteiger partial charge < -0.3 is 15.1 Å². The average Bonchev–Trinajstić information content (AvgIpc) is 3.06. The van der Waals surface area contributed by atoms with Gasteiger partial charge in [0.25, 0.3) is 0 Å². The van der Waals surface area contributed by atoms with E-state index >= 15 is 0 Å². The van der Waals surface area contributed by atoms with Crippen LogP contribution in [0.3, 0.4) is 0 Å². The summed E-state index contributed by atoms with van der Waals surface area (Å²) >= 11 is 0. The number of piperidine rings is 1. The van der Waals surface area contributed by atoms with Gasteiger partial charge in [-0.25, -0.2) is 0 Å². The first-order chi connectivity index (χ1) is 10.7. The van der Waals surface area contributed by atoms with Crippen molar-refractivity contribution in [2.24, 2.45) is 5.92 Å². The van der Waals surface area contributed by atoms with Gasteiger partial charge in [0, 0.05) is 25.2 Å². The number of amides is 2. The quantitative estimate of drug-likeness (QED) is 0.837. The molecule has 0 spiro atoms. The van der Waals surface area contributed by atoms with Crippen molar-refractivity contribution in [1.82, 2.24) is 15.1 Å². The largest absolute Gasteiger partial charge is 0.330 e.